The van der Waals surface area contributed by atoms with E-state index in [1.807, 2.05) is 0 Å². The Labute approximate surface area is 75.3 Å². The third-order valence-electron chi connectivity index (χ3n) is 1.27. The van der Waals surface area contributed by atoms with E-state index in [9.17, 15) is 9.59 Å². The van der Waals surface area contributed by atoms with Crippen molar-refractivity contribution in [2.75, 3.05) is 6.61 Å². The van der Waals surface area contributed by atoms with Crippen LogP contribution in [0.4, 0.5) is 0 Å². The summed E-state index contributed by atoms with van der Waals surface area (Å²) in [5.41, 5.74) is 0. The number of esters is 2. The van der Waals surface area contributed by atoms with Gasteiger partial charge in [-0.25, -0.2) is 0 Å². The lowest BCUT2D eigenvalue weighted by atomic mass is 10.5. The summed E-state index contributed by atoms with van der Waals surface area (Å²) in [5.74, 6) is -0.484. The zero-order chi connectivity index (χ0) is 9.84. The van der Waals surface area contributed by atoms with Crippen LogP contribution in [0, 0.1) is 0 Å². The summed E-state index contributed by atoms with van der Waals surface area (Å²) in [6.45, 7) is 2.72. The molecule has 1 aliphatic rings. The molecule has 0 saturated carbocycles. The number of carbonyl (C=O) groups is 2. The molecule has 0 aromatic carbocycles. The van der Waals surface area contributed by atoms with Gasteiger partial charge in [0.05, 0.1) is 0 Å². The van der Waals surface area contributed by atoms with Gasteiger partial charge in [0.15, 0.2) is 0 Å². The summed E-state index contributed by atoms with van der Waals surface area (Å²) in [6, 6.07) is 0. The standard InChI is InChI=1S/C8H10O5/c1-5(9)12-7-3-8(11-4-7)13-6(2)10/h3,8H,4H2,1-2H3. The fraction of sp³-hybridized carbons (Fsp3) is 0.500. The molecule has 72 valence electrons. The molecule has 0 amide bonds. The normalized spacial score (nSPS) is 20.8. The maximum atomic E-state index is 10.5. The second kappa shape index (κ2) is 4.04. The van der Waals surface area contributed by atoms with Crippen molar-refractivity contribution in [2.24, 2.45) is 0 Å². The zero-order valence-corrected chi connectivity index (χ0v) is 7.40. The first-order valence-electron chi connectivity index (χ1n) is 3.76. The van der Waals surface area contributed by atoms with Crippen LogP contribution < -0.4 is 0 Å². The highest BCUT2D eigenvalue weighted by Gasteiger charge is 2.20. The number of hydrogen-bond donors (Lipinski definition) is 0. The first-order valence-corrected chi connectivity index (χ1v) is 3.76. The van der Waals surface area contributed by atoms with Crippen molar-refractivity contribution >= 4 is 11.9 Å². The topological polar surface area (TPSA) is 61.8 Å². The second-order valence-electron chi connectivity index (χ2n) is 2.52. The molecule has 13 heavy (non-hydrogen) atoms. The van der Waals surface area contributed by atoms with Gasteiger partial charge < -0.3 is 14.2 Å². The van der Waals surface area contributed by atoms with E-state index in [1.165, 1.54) is 19.9 Å². The molecule has 0 fully saturated rings. The molecule has 5 heteroatoms. The zero-order valence-electron chi connectivity index (χ0n) is 7.40. The van der Waals surface area contributed by atoms with Crippen molar-refractivity contribution in [3.8, 4) is 0 Å². The van der Waals surface area contributed by atoms with Gasteiger partial charge in [-0.15, -0.1) is 0 Å². The van der Waals surface area contributed by atoms with E-state index in [1.54, 1.807) is 0 Å². The van der Waals surface area contributed by atoms with Crippen LogP contribution in [0.2, 0.25) is 0 Å². The smallest absolute Gasteiger partial charge is 0.307 e. The highest BCUT2D eigenvalue weighted by molar-refractivity contribution is 5.67. The molecule has 1 atom stereocenters. The highest BCUT2D eigenvalue weighted by Crippen LogP contribution is 2.14. The van der Waals surface area contributed by atoms with Crippen LogP contribution >= 0.6 is 0 Å². The highest BCUT2D eigenvalue weighted by atomic mass is 16.7. The Bertz CT molecular complexity index is 255. The van der Waals surface area contributed by atoms with Gasteiger partial charge >= 0.3 is 11.9 Å². The fourth-order valence-electron chi connectivity index (χ4n) is 0.892. The third-order valence-corrected chi connectivity index (χ3v) is 1.27. The summed E-state index contributed by atoms with van der Waals surface area (Å²) < 4.78 is 14.4. The summed E-state index contributed by atoms with van der Waals surface area (Å²) in [6.07, 6.45) is 0.717. The van der Waals surface area contributed by atoms with Gasteiger partial charge in [0.1, 0.15) is 12.4 Å². The summed E-state index contributed by atoms with van der Waals surface area (Å²) in [5, 5.41) is 0. The predicted molar refractivity (Wildman–Crippen MR) is 41.4 cm³/mol. The molecule has 1 rings (SSSR count). The van der Waals surface area contributed by atoms with Gasteiger partial charge in [0, 0.05) is 19.9 Å². The van der Waals surface area contributed by atoms with Gasteiger partial charge in [-0.2, -0.15) is 0 Å². The Hall–Kier alpha value is -1.36. The molecular formula is C8H10O5. The van der Waals surface area contributed by atoms with Gasteiger partial charge in [-0.05, 0) is 0 Å². The largest absolute Gasteiger partial charge is 0.432 e. The molecule has 5 nitrogen and oxygen atoms in total. The van der Waals surface area contributed by atoms with E-state index in [-0.39, 0.29) is 6.61 Å². The van der Waals surface area contributed by atoms with Crippen LogP contribution in [0.1, 0.15) is 13.8 Å². The molecule has 0 aliphatic carbocycles. The van der Waals surface area contributed by atoms with Crippen LogP contribution in [0.5, 0.6) is 0 Å². The lowest BCUT2D eigenvalue weighted by Gasteiger charge is -2.05. The van der Waals surface area contributed by atoms with Gasteiger partial charge in [-0.3, -0.25) is 9.59 Å². The Balaban J connectivity index is 2.43. The van der Waals surface area contributed by atoms with Gasteiger partial charge in [0.25, 0.3) is 0 Å². The Morgan fingerprint density at radius 1 is 1.46 bits per heavy atom. The molecule has 0 N–H and O–H groups in total. The Kier molecular flexibility index (Phi) is 3.02. The molecule has 0 spiro atoms. The lowest BCUT2D eigenvalue weighted by molar-refractivity contribution is -0.162. The Morgan fingerprint density at radius 3 is 2.69 bits per heavy atom. The van der Waals surface area contributed by atoms with Crippen LogP contribution in [-0.4, -0.2) is 24.8 Å². The van der Waals surface area contributed by atoms with Crippen molar-refractivity contribution < 1.29 is 23.8 Å². The first-order chi connectivity index (χ1) is 6.08. The second-order valence-corrected chi connectivity index (χ2v) is 2.52. The quantitative estimate of drug-likeness (QED) is 0.582. The number of carbonyl (C=O) groups excluding carboxylic acids is 2. The lowest BCUT2D eigenvalue weighted by Crippen LogP contribution is -2.13. The molecule has 0 radical (unpaired) electrons. The van der Waals surface area contributed by atoms with Crippen molar-refractivity contribution in [3.05, 3.63) is 11.8 Å². The van der Waals surface area contributed by atoms with Crippen LogP contribution in [0.15, 0.2) is 11.8 Å². The maximum Gasteiger partial charge on any atom is 0.307 e. The molecule has 0 saturated heterocycles. The van der Waals surface area contributed by atoms with Crippen molar-refractivity contribution in [1.82, 2.24) is 0 Å². The average Bonchev–Trinajstić information content (AvgIpc) is 2.33. The summed E-state index contributed by atoms with van der Waals surface area (Å²) >= 11 is 0. The minimum Gasteiger partial charge on any atom is -0.432 e. The van der Waals surface area contributed by atoms with E-state index in [4.69, 9.17) is 14.2 Å². The maximum absolute atomic E-state index is 10.5. The van der Waals surface area contributed by atoms with E-state index < -0.39 is 18.2 Å². The molecule has 1 unspecified atom stereocenters. The number of rotatable bonds is 2. The predicted octanol–water partition coefficient (Wildman–Crippen LogP) is 0.353. The molecule has 0 aromatic heterocycles. The SMILES string of the molecule is CC(=O)OC1=CC(OC(C)=O)OC1. The summed E-state index contributed by atoms with van der Waals surface area (Å²) in [7, 11) is 0. The van der Waals surface area contributed by atoms with Crippen LogP contribution in [0.25, 0.3) is 0 Å². The fourth-order valence-corrected chi connectivity index (χ4v) is 0.892. The molecule has 1 aliphatic heterocycles. The Morgan fingerprint density at radius 2 is 2.15 bits per heavy atom. The monoisotopic (exact) mass is 186 g/mol. The van der Waals surface area contributed by atoms with E-state index in [0.717, 1.165) is 0 Å². The van der Waals surface area contributed by atoms with E-state index in [0.29, 0.717) is 5.76 Å². The third kappa shape index (κ3) is 3.25. The van der Waals surface area contributed by atoms with E-state index in [2.05, 4.69) is 0 Å². The van der Waals surface area contributed by atoms with Crippen molar-refractivity contribution in [1.29, 1.82) is 0 Å². The number of hydrogen-bond acceptors (Lipinski definition) is 5. The molecular weight excluding hydrogens is 176 g/mol. The minimum absolute atomic E-state index is 0.150. The molecule has 0 bridgehead atoms. The average molecular weight is 186 g/mol. The number of ether oxygens (including phenoxy) is 3. The van der Waals surface area contributed by atoms with Crippen molar-refractivity contribution in [2.45, 2.75) is 20.1 Å². The first kappa shape index (κ1) is 9.73. The van der Waals surface area contributed by atoms with Gasteiger partial charge in [-0.1, -0.05) is 0 Å². The van der Waals surface area contributed by atoms with Crippen molar-refractivity contribution in [3.63, 3.8) is 0 Å². The molecule has 0 aromatic rings. The van der Waals surface area contributed by atoms with Crippen LogP contribution in [0.3, 0.4) is 0 Å². The van der Waals surface area contributed by atoms with E-state index >= 15 is 0 Å². The minimum atomic E-state index is -0.730. The molecule has 1 heterocycles. The van der Waals surface area contributed by atoms with Crippen LogP contribution in [-0.2, 0) is 23.8 Å². The summed E-state index contributed by atoms with van der Waals surface area (Å²) in [4.78, 5) is 21.0. The van der Waals surface area contributed by atoms with Gasteiger partial charge in [0.2, 0.25) is 6.29 Å².